The fourth-order valence-corrected chi connectivity index (χ4v) is 2.58. The van der Waals surface area contributed by atoms with Gasteiger partial charge in [-0.05, 0) is 6.42 Å². The van der Waals surface area contributed by atoms with Crippen LogP contribution in [0.1, 0.15) is 12.5 Å². The molecule has 2 heterocycles. The number of anilines is 2. The molecule has 0 saturated carbocycles. The van der Waals surface area contributed by atoms with E-state index in [1.807, 2.05) is 16.7 Å². The van der Waals surface area contributed by atoms with E-state index >= 15 is 0 Å². The smallest absolute Gasteiger partial charge is 0.224 e. The second-order valence-corrected chi connectivity index (χ2v) is 5.25. The Hall–Kier alpha value is -2.23. The molecule has 0 fully saturated rings. The number of nitrogens with two attached hydrogens (primary N) is 1. The maximum atomic E-state index is 9.23. The van der Waals surface area contributed by atoms with Crippen molar-refractivity contribution >= 4 is 22.9 Å². The normalized spacial score (nSPS) is 21.1. The molecule has 6 N–H and O–H groups in total. The third-order valence-corrected chi connectivity index (χ3v) is 3.63. The highest BCUT2D eigenvalue weighted by molar-refractivity contribution is 5.84. The van der Waals surface area contributed by atoms with Crippen molar-refractivity contribution in [2.24, 2.45) is 5.92 Å². The van der Waals surface area contributed by atoms with Crippen LogP contribution >= 0.6 is 0 Å². The lowest BCUT2D eigenvalue weighted by Crippen LogP contribution is -2.19. The van der Waals surface area contributed by atoms with Crippen molar-refractivity contribution in [2.75, 3.05) is 24.2 Å². The average Bonchev–Trinajstić information content (AvgIpc) is 3.10. The molecule has 0 amide bonds. The van der Waals surface area contributed by atoms with E-state index in [0.29, 0.717) is 17.0 Å². The number of hydrogen-bond donors (Lipinski definition) is 5. The SMILES string of the molecule is Nc1nc(NCC(O)O)c2ncn([C@H]3C=C[C@@H](CO)C3)c2n1. The monoisotopic (exact) mass is 306 g/mol. The van der Waals surface area contributed by atoms with Gasteiger partial charge in [-0.15, -0.1) is 0 Å². The molecule has 0 radical (unpaired) electrons. The van der Waals surface area contributed by atoms with E-state index in [4.69, 9.17) is 15.9 Å². The predicted molar refractivity (Wildman–Crippen MR) is 79.8 cm³/mol. The minimum absolute atomic E-state index is 0.0488. The molecule has 0 aliphatic heterocycles. The van der Waals surface area contributed by atoms with E-state index in [2.05, 4.69) is 20.3 Å². The second-order valence-electron chi connectivity index (χ2n) is 5.25. The Labute approximate surface area is 126 Å². The lowest BCUT2D eigenvalue weighted by atomic mass is 10.1. The highest BCUT2D eigenvalue weighted by Crippen LogP contribution is 2.31. The standard InChI is InChI=1S/C13H18N6O3/c14-13-17-11(15-4-9(21)22)10-12(18-13)19(6-16-10)8-2-1-7(3-8)5-20/h1-2,6-9,20-22H,3-5H2,(H3,14,15,17,18)/t7-,8+/m1/s1. The van der Waals surface area contributed by atoms with Gasteiger partial charge in [0.05, 0.1) is 18.9 Å². The molecule has 0 unspecified atom stereocenters. The Morgan fingerprint density at radius 1 is 1.36 bits per heavy atom. The van der Waals surface area contributed by atoms with Crippen LogP contribution in [0.25, 0.3) is 11.2 Å². The Morgan fingerprint density at radius 2 is 2.18 bits per heavy atom. The molecule has 9 heteroatoms. The fraction of sp³-hybridized carbons (Fsp3) is 0.462. The molecule has 1 aliphatic carbocycles. The van der Waals surface area contributed by atoms with Crippen molar-refractivity contribution in [3.05, 3.63) is 18.5 Å². The molecule has 0 bridgehead atoms. The number of nitrogens with zero attached hydrogens (tertiary/aromatic N) is 4. The fourth-order valence-electron chi connectivity index (χ4n) is 2.58. The quantitative estimate of drug-likeness (QED) is 0.358. The number of aromatic nitrogens is 4. The number of hydrogen-bond acceptors (Lipinski definition) is 8. The second kappa shape index (κ2) is 5.87. The van der Waals surface area contributed by atoms with Gasteiger partial charge in [0.15, 0.2) is 23.3 Å². The molecule has 9 nitrogen and oxygen atoms in total. The topological polar surface area (TPSA) is 142 Å². The number of nitrogen functional groups attached to an aromatic ring is 1. The largest absolute Gasteiger partial charge is 0.396 e. The third-order valence-electron chi connectivity index (χ3n) is 3.63. The zero-order chi connectivity index (χ0) is 15.7. The molecule has 22 heavy (non-hydrogen) atoms. The highest BCUT2D eigenvalue weighted by Gasteiger charge is 2.23. The summed E-state index contributed by atoms with van der Waals surface area (Å²) in [4.78, 5) is 12.6. The van der Waals surface area contributed by atoms with E-state index < -0.39 is 6.29 Å². The molecule has 0 aromatic carbocycles. The lowest BCUT2D eigenvalue weighted by Gasteiger charge is -2.13. The van der Waals surface area contributed by atoms with Crippen molar-refractivity contribution in [3.8, 4) is 0 Å². The molecular weight excluding hydrogens is 288 g/mol. The van der Waals surface area contributed by atoms with E-state index in [-0.39, 0.29) is 31.1 Å². The van der Waals surface area contributed by atoms with Gasteiger partial charge in [-0.25, -0.2) is 4.98 Å². The Kier molecular flexibility index (Phi) is 3.92. The summed E-state index contributed by atoms with van der Waals surface area (Å²) in [7, 11) is 0. The van der Waals surface area contributed by atoms with Crippen molar-refractivity contribution in [1.29, 1.82) is 0 Å². The minimum Gasteiger partial charge on any atom is -0.396 e. The van der Waals surface area contributed by atoms with Gasteiger partial charge >= 0.3 is 0 Å². The number of fused-ring (bicyclic) bond motifs is 1. The zero-order valence-corrected chi connectivity index (χ0v) is 11.8. The molecule has 3 rings (SSSR count). The first kappa shape index (κ1) is 14.7. The molecule has 2 aromatic heterocycles. The van der Waals surface area contributed by atoms with Gasteiger partial charge in [0, 0.05) is 12.5 Å². The van der Waals surface area contributed by atoms with Crippen LogP contribution in [0.5, 0.6) is 0 Å². The van der Waals surface area contributed by atoms with Crippen molar-refractivity contribution in [2.45, 2.75) is 18.8 Å². The van der Waals surface area contributed by atoms with Gasteiger partial charge in [-0.3, -0.25) is 0 Å². The van der Waals surface area contributed by atoms with Gasteiger partial charge in [0.1, 0.15) is 0 Å². The van der Waals surface area contributed by atoms with Gasteiger partial charge in [-0.1, -0.05) is 12.2 Å². The van der Waals surface area contributed by atoms with Gasteiger partial charge < -0.3 is 30.9 Å². The van der Waals surface area contributed by atoms with Crippen molar-refractivity contribution in [1.82, 2.24) is 19.5 Å². The number of allylic oxidation sites excluding steroid dienone is 1. The number of rotatable bonds is 5. The molecule has 118 valence electrons. The van der Waals surface area contributed by atoms with Crippen molar-refractivity contribution in [3.63, 3.8) is 0 Å². The number of imidazole rings is 1. The third kappa shape index (κ3) is 2.73. The van der Waals surface area contributed by atoms with Crippen LogP contribution < -0.4 is 11.1 Å². The van der Waals surface area contributed by atoms with Crippen molar-refractivity contribution < 1.29 is 15.3 Å². The molecule has 1 aliphatic rings. The van der Waals surface area contributed by atoms with Crippen LogP contribution in [-0.2, 0) is 0 Å². The lowest BCUT2D eigenvalue weighted by molar-refractivity contribution is -0.0276. The summed E-state index contributed by atoms with van der Waals surface area (Å²) >= 11 is 0. The Balaban J connectivity index is 1.95. The van der Waals surface area contributed by atoms with Gasteiger partial charge in [0.2, 0.25) is 5.95 Å². The summed E-state index contributed by atoms with van der Waals surface area (Å²) in [5.41, 5.74) is 6.80. The number of aliphatic hydroxyl groups is 3. The number of nitrogens with one attached hydrogen (secondary N) is 1. The van der Waals surface area contributed by atoms with Gasteiger partial charge in [0.25, 0.3) is 0 Å². The molecule has 2 atom stereocenters. The van der Waals surface area contributed by atoms with E-state index in [0.717, 1.165) is 6.42 Å². The van der Waals surface area contributed by atoms with Crippen LogP contribution in [0, 0.1) is 5.92 Å². The summed E-state index contributed by atoms with van der Waals surface area (Å²) in [5, 5.41) is 29.9. The molecule has 2 aromatic rings. The van der Waals surface area contributed by atoms with E-state index in [9.17, 15) is 5.11 Å². The van der Waals surface area contributed by atoms with Gasteiger partial charge in [-0.2, -0.15) is 9.97 Å². The van der Waals surface area contributed by atoms with Crippen LogP contribution in [0.2, 0.25) is 0 Å². The first-order valence-corrected chi connectivity index (χ1v) is 6.97. The highest BCUT2D eigenvalue weighted by atomic mass is 16.5. The predicted octanol–water partition coefficient (Wildman–Crippen LogP) is -0.759. The van der Waals surface area contributed by atoms with E-state index in [1.165, 1.54) is 0 Å². The zero-order valence-electron chi connectivity index (χ0n) is 11.8. The van der Waals surface area contributed by atoms with Crippen LogP contribution in [0.3, 0.4) is 0 Å². The molecular formula is C13H18N6O3. The minimum atomic E-state index is -1.50. The molecule has 0 spiro atoms. The number of aliphatic hydroxyl groups excluding tert-OH is 2. The Morgan fingerprint density at radius 3 is 2.86 bits per heavy atom. The summed E-state index contributed by atoms with van der Waals surface area (Å²) in [6, 6.07) is 0.0488. The maximum Gasteiger partial charge on any atom is 0.224 e. The Bertz CT molecular complexity index is 698. The first-order chi connectivity index (χ1) is 10.6. The summed E-state index contributed by atoms with van der Waals surface area (Å²) in [6.07, 6.45) is 4.89. The van der Waals surface area contributed by atoms with Crippen LogP contribution in [-0.4, -0.2) is 54.3 Å². The summed E-state index contributed by atoms with van der Waals surface area (Å²) in [6.45, 7) is 0.0201. The average molecular weight is 306 g/mol. The van der Waals surface area contributed by atoms with E-state index in [1.54, 1.807) is 6.33 Å². The first-order valence-electron chi connectivity index (χ1n) is 6.97. The summed E-state index contributed by atoms with van der Waals surface area (Å²) in [5.74, 6) is 0.559. The summed E-state index contributed by atoms with van der Waals surface area (Å²) < 4.78 is 1.88. The molecule has 0 saturated heterocycles. The van der Waals surface area contributed by atoms with Crippen LogP contribution in [0.4, 0.5) is 11.8 Å². The maximum absolute atomic E-state index is 9.23. The van der Waals surface area contributed by atoms with Crippen LogP contribution in [0.15, 0.2) is 18.5 Å².